The third-order valence-corrected chi connectivity index (χ3v) is 3.71. The molecule has 0 aromatic carbocycles. The Balaban J connectivity index is 3.04. The molecule has 0 aliphatic heterocycles. The van der Waals surface area contributed by atoms with E-state index >= 15 is 0 Å². The Morgan fingerprint density at radius 1 is 1.21 bits per heavy atom. The number of carbonyl (C=O) groups excluding carboxylic acids is 3. The number of nitrogens with one attached hydrogen (secondary N) is 1. The molecule has 1 N–H and O–H groups in total. The van der Waals surface area contributed by atoms with Gasteiger partial charge in [-0.3, -0.25) is 9.59 Å². The van der Waals surface area contributed by atoms with Crippen LogP contribution in [-0.2, 0) is 25.5 Å². The van der Waals surface area contributed by atoms with E-state index < -0.39 is 18.0 Å². The van der Waals surface area contributed by atoms with Gasteiger partial charge in [-0.05, 0) is 5.92 Å². The zero-order valence-corrected chi connectivity index (χ0v) is 16.2. The largest absolute Gasteiger partial charge is 0.464 e. The Labute approximate surface area is 164 Å². The summed E-state index contributed by atoms with van der Waals surface area (Å²) in [5.74, 6) is 3.34. The first kappa shape index (κ1) is 22.8. The molecule has 1 amide bonds. The minimum atomic E-state index is -0.705. The van der Waals surface area contributed by atoms with E-state index in [1.54, 1.807) is 0 Å². The molecule has 8 nitrogen and oxygen atoms in total. The lowest BCUT2D eigenvalue weighted by atomic mass is 10.0. The molecule has 0 aliphatic carbocycles. The third kappa shape index (κ3) is 6.81. The molecular formula is C20H24N2O6. The minimum absolute atomic E-state index is 0.0502. The molecule has 0 saturated carbocycles. The number of nitrogens with zero attached hydrogens (tertiary/aromatic N) is 1. The number of aryl methyl sites for hydroxylation is 1. The molecule has 1 heterocycles. The summed E-state index contributed by atoms with van der Waals surface area (Å²) in [5.41, 5.74) is -0.0502. The van der Waals surface area contributed by atoms with Crippen LogP contribution in [0, 0.1) is 30.6 Å². The van der Waals surface area contributed by atoms with Gasteiger partial charge in [0.2, 0.25) is 11.8 Å². The lowest BCUT2D eigenvalue weighted by Gasteiger charge is -2.19. The standard InChI is InChI=1S/C20H24N2O6/c1-6-8-9-15(23)21-17(13(3)4)19-22-18(20(25)26-5)14(28-19)10-11-16(24)27-12-7-2/h1-2,13,17H,8-12H2,3-5H3,(H,21,23). The Morgan fingerprint density at radius 3 is 2.50 bits per heavy atom. The summed E-state index contributed by atoms with van der Waals surface area (Å²) >= 11 is 0. The van der Waals surface area contributed by atoms with Gasteiger partial charge >= 0.3 is 11.9 Å². The van der Waals surface area contributed by atoms with Crippen LogP contribution in [0.3, 0.4) is 0 Å². The Morgan fingerprint density at radius 2 is 1.93 bits per heavy atom. The highest BCUT2D eigenvalue weighted by atomic mass is 16.5. The van der Waals surface area contributed by atoms with Crippen LogP contribution in [-0.4, -0.2) is 36.5 Å². The third-order valence-electron chi connectivity index (χ3n) is 3.71. The van der Waals surface area contributed by atoms with Gasteiger partial charge in [-0.2, -0.15) is 0 Å². The minimum Gasteiger partial charge on any atom is -0.464 e. The first-order valence-corrected chi connectivity index (χ1v) is 8.73. The Hall–Kier alpha value is -3.26. The number of terminal acetylenes is 2. The van der Waals surface area contributed by atoms with Crippen molar-refractivity contribution >= 4 is 17.8 Å². The second-order valence-electron chi connectivity index (χ2n) is 6.17. The van der Waals surface area contributed by atoms with Gasteiger partial charge in [0.25, 0.3) is 0 Å². The van der Waals surface area contributed by atoms with Crippen molar-refractivity contribution in [3.63, 3.8) is 0 Å². The zero-order valence-electron chi connectivity index (χ0n) is 16.2. The predicted molar refractivity (Wildman–Crippen MR) is 99.7 cm³/mol. The Bertz CT molecular complexity index is 782. The summed E-state index contributed by atoms with van der Waals surface area (Å²) in [5, 5.41) is 2.80. The monoisotopic (exact) mass is 388 g/mol. The van der Waals surface area contributed by atoms with Gasteiger partial charge in [0.05, 0.1) is 13.5 Å². The maximum Gasteiger partial charge on any atom is 0.360 e. The van der Waals surface area contributed by atoms with Crippen molar-refractivity contribution in [1.29, 1.82) is 0 Å². The number of hydrogen-bond acceptors (Lipinski definition) is 7. The summed E-state index contributed by atoms with van der Waals surface area (Å²) in [6.45, 7) is 3.60. The van der Waals surface area contributed by atoms with E-state index in [0.717, 1.165) is 0 Å². The second kappa shape index (κ2) is 11.5. The van der Waals surface area contributed by atoms with Crippen LogP contribution in [0.4, 0.5) is 0 Å². The quantitative estimate of drug-likeness (QED) is 0.481. The van der Waals surface area contributed by atoms with Crippen LogP contribution < -0.4 is 5.32 Å². The van der Waals surface area contributed by atoms with Crippen molar-refractivity contribution in [2.75, 3.05) is 13.7 Å². The van der Waals surface area contributed by atoms with Gasteiger partial charge in [0.15, 0.2) is 12.3 Å². The number of methoxy groups -OCH3 is 1. The normalized spacial score (nSPS) is 11.2. The molecule has 1 atom stereocenters. The van der Waals surface area contributed by atoms with Crippen LogP contribution in [0.25, 0.3) is 0 Å². The topological polar surface area (TPSA) is 108 Å². The number of hydrogen-bond donors (Lipinski definition) is 1. The van der Waals surface area contributed by atoms with Gasteiger partial charge in [-0.1, -0.05) is 19.8 Å². The molecule has 0 radical (unpaired) electrons. The average molecular weight is 388 g/mol. The number of rotatable bonds is 10. The van der Waals surface area contributed by atoms with Crippen molar-refractivity contribution in [2.24, 2.45) is 5.92 Å². The summed E-state index contributed by atoms with van der Waals surface area (Å²) in [6, 6.07) is -0.573. The summed E-state index contributed by atoms with van der Waals surface area (Å²) in [6.07, 6.45) is 10.7. The fraction of sp³-hybridized carbons (Fsp3) is 0.500. The summed E-state index contributed by atoms with van der Waals surface area (Å²) in [4.78, 5) is 39.9. The molecule has 8 heteroatoms. The average Bonchev–Trinajstić information content (AvgIpc) is 3.10. The molecule has 0 saturated heterocycles. The summed E-state index contributed by atoms with van der Waals surface area (Å²) in [7, 11) is 1.21. The summed E-state index contributed by atoms with van der Waals surface area (Å²) < 4.78 is 15.2. The highest BCUT2D eigenvalue weighted by Gasteiger charge is 2.28. The molecule has 0 aliphatic rings. The van der Waals surface area contributed by atoms with Crippen molar-refractivity contribution in [2.45, 2.75) is 45.6 Å². The SMILES string of the molecule is C#CCCC(=O)NC(c1nc(C(=O)OC)c(CCC(=O)OCC#C)o1)C(C)C. The lowest BCUT2D eigenvalue weighted by Crippen LogP contribution is -2.31. The molecule has 0 bridgehead atoms. The van der Waals surface area contributed by atoms with Crippen molar-refractivity contribution in [3.8, 4) is 24.7 Å². The first-order chi connectivity index (χ1) is 13.3. The smallest absolute Gasteiger partial charge is 0.360 e. The first-order valence-electron chi connectivity index (χ1n) is 8.73. The Kier molecular flexibility index (Phi) is 9.32. The van der Waals surface area contributed by atoms with Crippen LogP contribution in [0.1, 0.15) is 61.3 Å². The van der Waals surface area contributed by atoms with Crippen molar-refractivity contribution in [1.82, 2.24) is 10.3 Å². The van der Waals surface area contributed by atoms with Gasteiger partial charge in [0, 0.05) is 19.3 Å². The van der Waals surface area contributed by atoms with Crippen LogP contribution in [0.5, 0.6) is 0 Å². The van der Waals surface area contributed by atoms with Crippen LogP contribution in [0.15, 0.2) is 4.42 Å². The second-order valence-corrected chi connectivity index (χ2v) is 6.17. The molecule has 0 spiro atoms. The van der Waals surface area contributed by atoms with E-state index in [9.17, 15) is 14.4 Å². The fourth-order valence-electron chi connectivity index (χ4n) is 2.28. The molecule has 150 valence electrons. The molecule has 1 unspecified atom stereocenters. The van der Waals surface area contributed by atoms with Gasteiger partial charge in [-0.25, -0.2) is 9.78 Å². The van der Waals surface area contributed by atoms with E-state index in [4.69, 9.17) is 26.7 Å². The number of oxazole rings is 1. The van der Waals surface area contributed by atoms with E-state index in [1.807, 2.05) is 13.8 Å². The fourth-order valence-corrected chi connectivity index (χ4v) is 2.28. The van der Waals surface area contributed by atoms with E-state index in [2.05, 4.69) is 22.1 Å². The van der Waals surface area contributed by atoms with Crippen molar-refractivity contribution in [3.05, 3.63) is 17.3 Å². The zero-order chi connectivity index (χ0) is 21.1. The lowest BCUT2D eigenvalue weighted by molar-refractivity contribution is -0.142. The molecule has 28 heavy (non-hydrogen) atoms. The number of ether oxygens (including phenoxy) is 2. The van der Waals surface area contributed by atoms with Gasteiger partial charge < -0.3 is 19.2 Å². The van der Waals surface area contributed by atoms with Gasteiger partial charge in [0.1, 0.15) is 11.8 Å². The van der Waals surface area contributed by atoms with E-state index in [-0.39, 0.29) is 55.0 Å². The van der Waals surface area contributed by atoms with E-state index in [0.29, 0.717) is 6.42 Å². The maximum absolute atomic E-state index is 12.0. The molecular weight excluding hydrogens is 364 g/mol. The molecule has 1 aromatic rings. The molecule has 1 aromatic heterocycles. The highest BCUT2D eigenvalue weighted by Crippen LogP contribution is 2.25. The van der Waals surface area contributed by atoms with Crippen LogP contribution >= 0.6 is 0 Å². The van der Waals surface area contributed by atoms with Crippen molar-refractivity contribution < 1.29 is 28.3 Å². The highest BCUT2D eigenvalue weighted by molar-refractivity contribution is 5.88. The molecule has 0 fully saturated rings. The maximum atomic E-state index is 12.0. The number of carbonyl (C=O) groups is 3. The van der Waals surface area contributed by atoms with Crippen LogP contribution in [0.2, 0.25) is 0 Å². The number of amides is 1. The van der Waals surface area contributed by atoms with E-state index in [1.165, 1.54) is 7.11 Å². The van der Waals surface area contributed by atoms with Gasteiger partial charge in [-0.15, -0.1) is 18.8 Å². The predicted octanol–water partition coefficient (Wildman–Crippen LogP) is 1.80. The number of aromatic nitrogens is 1. The number of esters is 2. The molecule has 1 rings (SSSR count).